The summed E-state index contributed by atoms with van der Waals surface area (Å²) in [7, 11) is -1.57. The number of sulfonamides is 1. The third-order valence-corrected chi connectivity index (χ3v) is 7.13. The summed E-state index contributed by atoms with van der Waals surface area (Å²) in [6.45, 7) is 1.08. The lowest BCUT2D eigenvalue weighted by Crippen LogP contribution is -2.47. The first-order chi connectivity index (χ1) is 12.0. The second-order valence-electron chi connectivity index (χ2n) is 6.10. The van der Waals surface area contributed by atoms with Gasteiger partial charge in [-0.15, -0.1) is 11.3 Å². The van der Waals surface area contributed by atoms with Crippen molar-refractivity contribution in [3.63, 3.8) is 0 Å². The van der Waals surface area contributed by atoms with Crippen molar-refractivity contribution in [3.05, 3.63) is 52.9 Å². The van der Waals surface area contributed by atoms with Crippen molar-refractivity contribution in [2.24, 2.45) is 0 Å². The third kappa shape index (κ3) is 4.46. The van der Waals surface area contributed by atoms with E-state index in [1.54, 1.807) is 11.4 Å². The molecular weight excluding hydrogens is 358 g/mol. The third-order valence-electron chi connectivity index (χ3n) is 4.33. The van der Waals surface area contributed by atoms with Crippen LogP contribution in [0.4, 0.5) is 0 Å². The zero-order valence-electron chi connectivity index (χ0n) is 13.9. The van der Waals surface area contributed by atoms with Gasteiger partial charge in [-0.3, -0.25) is 9.69 Å². The summed E-state index contributed by atoms with van der Waals surface area (Å²) in [6, 6.07) is 11.7. The maximum atomic E-state index is 12.0. The van der Waals surface area contributed by atoms with Gasteiger partial charge in [0.25, 0.3) is 10.0 Å². The molecule has 1 unspecified atom stereocenters. The van der Waals surface area contributed by atoms with Crippen molar-refractivity contribution >= 4 is 27.3 Å². The van der Waals surface area contributed by atoms with Crippen LogP contribution in [0.3, 0.4) is 0 Å². The van der Waals surface area contributed by atoms with Crippen LogP contribution in [-0.2, 0) is 27.8 Å². The van der Waals surface area contributed by atoms with Gasteiger partial charge < -0.3 is 5.32 Å². The maximum Gasteiger partial charge on any atom is 0.250 e. The molecule has 1 aliphatic heterocycles. The predicted molar refractivity (Wildman–Crippen MR) is 97.9 cm³/mol. The lowest BCUT2D eigenvalue weighted by atomic mass is 9.94. The molecule has 1 aromatic heterocycles. The number of benzene rings is 1. The number of amides is 1. The smallest absolute Gasteiger partial charge is 0.250 e. The number of hydrogen-bond acceptors (Lipinski definition) is 5. The maximum absolute atomic E-state index is 12.0. The molecule has 0 saturated heterocycles. The highest BCUT2D eigenvalue weighted by atomic mass is 32.2. The van der Waals surface area contributed by atoms with Gasteiger partial charge in [0.2, 0.25) is 5.91 Å². The van der Waals surface area contributed by atoms with E-state index >= 15 is 0 Å². The minimum Gasteiger partial charge on any atom is -0.353 e. The zero-order valence-corrected chi connectivity index (χ0v) is 15.6. The number of likely N-dealkylation sites (N-methyl/N-ethyl adjacent to an activating group) is 1. The predicted octanol–water partition coefficient (Wildman–Crippen LogP) is 1.20. The SMILES string of the molecule is CN1Cc2ccccc2CC1CNC(=O)CNS(=O)(=O)c1cccs1. The van der Waals surface area contributed by atoms with E-state index in [1.807, 2.05) is 19.2 Å². The Balaban J connectivity index is 1.50. The highest BCUT2D eigenvalue weighted by molar-refractivity contribution is 7.91. The second-order valence-corrected chi connectivity index (χ2v) is 9.04. The monoisotopic (exact) mass is 379 g/mol. The van der Waals surface area contributed by atoms with Crippen molar-refractivity contribution in [3.8, 4) is 0 Å². The van der Waals surface area contributed by atoms with Crippen LogP contribution < -0.4 is 10.0 Å². The average Bonchev–Trinajstić information content (AvgIpc) is 3.14. The normalized spacial score (nSPS) is 17.9. The van der Waals surface area contributed by atoms with E-state index < -0.39 is 10.0 Å². The van der Waals surface area contributed by atoms with Gasteiger partial charge in [0.1, 0.15) is 4.21 Å². The quantitative estimate of drug-likeness (QED) is 0.791. The Morgan fingerprint density at radius 1 is 1.24 bits per heavy atom. The first kappa shape index (κ1) is 18.1. The lowest BCUT2D eigenvalue weighted by Gasteiger charge is -2.34. The molecule has 0 spiro atoms. The topological polar surface area (TPSA) is 78.5 Å². The molecule has 25 heavy (non-hydrogen) atoms. The molecule has 6 nitrogen and oxygen atoms in total. The van der Waals surface area contributed by atoms with Crippen molar-refractivity contribution < 1.29 is 13.2 Å². The van der Waals surface area contributed by atoms with E-state index in [0.717, 1.165) is 24.3 Å². The largest absolute Gasteiger partial charge is 0.353 e. The Labute approximate surface area is 151 Å². The van der Waals surface area contributed by atoms with Crippen molar-refractivity contribution in [2.45, 2.75) is 23.2 Å². The summed E-state index contributed by atoms with van der Waals surface area (Å²) in [4.78, 5) is 14.2. The van der Waals surface area contributed by atoms with Gasteiger partial charge in [-0.2, -0.15) is 0 Å². The van der Waals surface area contributed by atoms with Gasteiger partial charge in [-0.1, -0.05) is 30.3 Å². The molecule has 2 aromatic rings. The number of nitrogens with one attached hydrogen (secondary N) is 2. The molecule has 8 heteroatoms. The molecule has 2 N–H and O–H groups in total. The number of thiophene rings is 1. The van der Waals surface area contributed by atoms with Gasteiger partial charge in [-0.05, 0) is 36.0 Å². The second kappa shape index (κ2) is 7.65. The Morgan fingerprint density at radius 3 is 2.72 bits per heavy atom. The highest BCUT2D eigenvalue weighted by Crippen LogP contribution is 2.21. The lowest BCUT2D eigenvalue weighted by molar-refractivity contribution is -0.120. The fourth-order valence-corrected chi connectivity index (χ4v) is 4.91. The summed E-state index contributed by atoms with van der Waals surface area (Å²) >= 11 is 1.12. The fraction of sp³-hybridized carbons (Fsp3) is 0.353. The Morgan fingerprint density at radius 2 is 2.00 bits per heavy atom. The molecule has 1 aliphatic rings. The summed E-state index contributed by atoms with van der Waals surface area (Å²) < 4.78 is 26.6. The van der Waals surface area contributed by atoms with E-state index in [2.05, 4.69) is 27.1 Å². The van der Waals surface area contributed by atoms with E-state index in [4.69, 9.17) is 0 Å². The van der Waals surface area contributed by atoms with Crippen LogP contribution in [0, 0.1) is 0 Å². The van der Waals surface area contributed by atoms with Gasteiger partial charge in [-0.25, -0.2) is 13.1 Å². The summed E-state index contributed by atoms with van der Waals surface area (Å²) in [6.07, 6.45) is 0.869. The molecule has 0 fully saturated rings. The van der Waals surface area contributed by atoms with Crippen LogP contribution in [0.1, 0.15) is 11.1 Å². The van der Waals surface area contributed by atoms with E-state index in [0.29, 0.717) is 6.54 Å². The first-order valence-electron chi connectivity index (χ1n) is 8.02. The van der Waals surface area contributed by atoms with Gasteiger partial charge in [0.15, 0.2) is 0 Å². The Bertz CT molecular complexity index is 835. The molecule has 1 amide bonds. The Kier molecular flexibility index (Phi) is 5.53. The summed E-state index contributed by atoms with van der Waals surface area (Å²) in [5.41, 5.74) is 2.62. The Hall–Kier alpha value is -1.74. The van der Waals surface area contributed by atoms with Crippen molar-refractivity contribution in [2.75, 3.05) is 20.1 Å². The first-order valence-corrected chi connectivity index (χ1v) is 10.4. The van der Waals surface area contributed by atoms with E-state index in [1.165, 1.54) is 17.2 Å². The zero-order chi connectivity index (χ0) is 17.9. The van der Waals surface area contributed by atoms with Crippen LogP contribution in [0.25, 0.3) is 0 Å². The number of hydrogen-bond donors (Lipinski definition) is 2. The molecule has 2 heterocycles. The molecule has 0 radical (unpaired) electrons. The summed E-state index contributed by atoms with van der Waals surface area (Å²) in [5, 5.41) is 4.51. The minimum absolute atomic E-state index is 0.202. The number of carbonyl (C=O) groups excluding carboxylic acids is 1. The molecule has 1 aromatic carbocycles. The number of rotatable bonds is 6. The standard InChI is InChI=1S/C17H21N3O3S2/c1-20-12-14-6-3-2-5-13(14)9-15(20)10-18-16(21)11-19-25(22,23)17-7-4-8-24-17/h2-8,15,19H,9-12H2,1H3,(H,18,21). The molecule has 0 saturated carbocycles. The van der Waals surface area contributed by atoms with Crippen molar-refractivity contribution in [1.29, 1.82) is 0 Å². The van der Waals surface area contributed by atoms with E-state index in [9.17, 15) is 13.2 Å². The van der Waals surface area contributed by atoms with Gasteiger partial charge in [0, 0.05) is 19.1 Å². The van der Waals surface area contributed by atoms with Crippen LogP contribution >= 0.6 is 11.3 Å². The molecule has 1 atom stereocenters. The van der Waals surface area contributed by atoms with Crippen molar-refractivity contribution in [1.82, 2.24) is 14.9 Å². The number of carbonyl (C=O) groups is 1. The molecule has 134 valence electrons. The number of fused-ring (bicyclic) bond motifs is 1. The molecular formula is C17H21N3O3S2. The van der Waals surface area contributed by atoms with Gasteiger partial charge >= 0.3 is 0 Å². The number of nitrogens with zero attached hydrogens (tertiary/aromatic N) is 1. The highest BCUT2D eigenvalue weighted by Gasteiger charge is 2.23. The molecule has 3 rings (SSSR count). The minimum atomic E-state index is -3.61. The summed E-state index contributed by atoms with van der Waals surface area (Å²) in [5.74, 6) is -0.326. The van der Waals surface area contributed by atoms with Crippen LogP contribution in [0.5, 0.6) is 0 Å². The average molecular weight is 380 g/mol. The van der Waals surface area contributed by atoms with Crippen LogP contribution in [0.2, 0.25) is 0 Å². The van der Waals surface area contributed by atoms with Crippen LogP contribution in [0.15, 0.2) is 46.0 Å². The van der Waals surface area contributed by atoms with Gasteiger partial charge in [0.05, 0.1) is 6.54 Å². The molecule has 0 aliphatic carbocycles. The fourth-order valence-electron chi connectivity index (χ4n) is 2.89. The van der Waals surface area contributed by atoms with Crippen LogP contribution in [-0.4, -0.2) is 45.4 Å². The van der Waals surface area contributed by atoms with E-state index in [-0.39, 0.29) is 22.7 Å². The molecule has 0 bridgehead atoms.